The molecule has 1 heterocycles. The van der Waals surface area contributed by atoms with Gasteiger partial charge in [-0.1, -0.05) is 36.4 Å². The first kappa shape index (κ1) is 16.4. The number of benzene rings is 2. The minimum Gasteiger partial charge on any atom is -0.371 e. The van der Waals surface area contributed by atoms with Crippen molar-refractivity contribution in [2.75, 3.05) is 23.3 Å². The van der Waals surface area contributed by atoms with Gasteiger partial charge in [0.15, 0.2) is 0 Å². The number of amides is 2. The van der Waals surface area contributed by atoms with Gasteiger partial charge in [0.05, 0.1) is 0 Å². The zero-order valence-corrected chi connectivity index (χ0v) is 14.4. The second kappa shape index (κ2) is 7.39. The molecule has 0 radical (unpaired) electrons. The van der Waals surface area contributed by atoms with E-state index in [1.807, 2.05) is 38.1 Å². The van der Waals surface area contributed by atoms with Crippen molar-refractivity contribution in [3.8, 4) is 0 Å². The predicted octanol–water partition coefficient (Wildman–Crippen LogP) is 4.09. The third-order valence-corrected chi connectivity index (χ3v) is 4.67. The summed E-state index contributed by atoms with van der Waals surface area (Å²) in [6.07, 6.45) is 1.93. The zero-order valence-electron chi connectivity index (χ0n) is 14.4. The Kier molecular flexibility index (Phi) is 5.04. The summed E-state index contributed by atoms with van der Waals surface area (Å²) in [5.41, 5.74) is 4.35. The second-order valence-corrected chi connectivity index (χ2v) is 6.46. The molecule has 0 unspecified atom stereocenters. The fourth-order valence-electron chi connectivity index (χ4n) is 3.27. The first-order chi connectivity index (χ1) is 11.6. The van der Waals surface area contributed by atoms with Crippen LogP contribution in [-0.2, 0) is 0 Å². The molecule has 0 aromatic heterocycles. The fourth-order valence-corrected chi connectivity index (χ4v) is 3.27. The minimum atomic E-state index is -0.106. The fraction of sp³-hybridized carbons (Fsp3) is 0.350. The maximum absolute atomic E-state index is 12.3. The Morgan fingerprint density at radius 1 is 0.958 bits per heavy atom. The summed E-state index contributed by atoms with van der Waals surface area (Å²) < 4.78 is 0. The van der Waals surface area contributed by atoms with Crippen LogP contribution >= 0.6 is 0 Å². The van der Waals surface area contributed by atoms with Crippen molar-refractivity contribution in [2.45, 2.75) is 32.7 Å². The highest BCUT2D eigenvalue weighted by molar-refractivity contribution is 5.91. The average Bonchev–Trinajstić information content (AvgIpc) is 2.60. The van der Waals surface area contributed by atoms with Crippen molar-refractivity contribution in [1.82, 2.24) is 5.32 Å². The molecule has 0 spiro atoms. The summed E-state index contributed by atoms with van der Waals surface area (Å²) in [6.45, 7) is 5.97. The summed E-state index contributed by atoms with van der Waals surface area (Å²) in [6, 6.07) is 16.6. The van der Waals surface area contributed by atoms with E-state index in [1.165, 1.54) is 5.69 Å². The molecule has 0 saturated carbocycles. The molecule has 2 N–H and O–H groups in total. The molecular weight excluding hydrogens is 298 g/mol. The van der Waals surface area contributed by atoms with Crippen molar-refractivity contribution in [2.24, 2.45) is 0 Å². The molecule has 1 saturated heterocycles. The smallest absolute Gasteiger partial charge is 0.319 e. The van der Waals surface area contributed by atoms with E-state index in [2.05, 4.69) is 39.8 Å². The lowest BCUT2D eigenvalue weighted by Crippen LogP contribution is -2.46. The van der Waals surface area contributed by atoms with E-state index in [1.54, 1.807) is 0 Å². The van der Waals surface area contributed by atoms with Gasteiger partial charge < -0.3 is 15.5 Å². The molecule has 4 nitrogen and oxygen atoms in total. The van der Waals surface area contributed by atoms with Crippen molar-refractivity contribution in [1.29, 1.82) is 0 Å². The Labute approximate surface area is 143 Å². The quantitative estimate of drug-likeness (QED) is 0.893. The largest absolute Gasteiger partial charge is 0.371 e. The Bertz CT molecular complexity index is 671. The molecule has 2 amide bonds. The predicted molar refractivity (Wildman–Crippen MR) is 99.7 cm³/mol. The van der Waals surface area contributed by atoms with Crippen molar-refractivity contribution in [3.63, 3.8) is 0 Å². The summed E-state index contributed by atoms with van der Waals surface area (Å²) in [4.78, 5) is 14.7. The molecular formula is C20H25N3O. The molecule has 1 aliphatic rings. The number of carbonyl (C=O) groups excluding carboxylic acids is 1. The van der Waals surface area contributed by atoms with Crippen LogP contribution in [0.3, 0.4) is 0 Å². The van der Waals surface area contributed by atoms with Crippen LogP contribution in [0.5, 0.6) is 0 Å². The van der Waals surface area contributed by atoms with Crippen LogP contribution in [0.2, 0.25) is 0 Å². The average molecular weight is 323 g/mol. The van der Waals surface area contributed by atoms with Gasteiger partial charge in [0.25, 0.3) is 0 Å². The van der Waals surface area contributed by atoms with E-state index in [4.69, 9.17) is 0 Å². The third-order valence-electron chi connectivity index (χ3n) is 4.67. The Balaban J connectivity index is 1.52. The molecule has 2 aromatic carbocycles. The molecule has 0 atom stereocenters. The number of carbonyl (C=O) groups is 1. The van der Waals surface area contributed by atoms with Crippen LogP contribution in [0.1, 0.15) is 24.0 Å². The van der Waals surface area contributed by atoms with Gasteiger partial charge in [-0.15, -0.1) is 0 Å². The molecule has 4 heteroatoms. The van der Waals surface area contributed by atoms with E-state index >= 15 is 0 Å². The van der Waals surface area contributed by atoms with Gasteiger partial charge in [0.2, 0.25) is 0 Å². The summed E-state index contributed by atoms with van der Waals surface area (Å²) in [5.74, 6) is 0. The lowest BCUT2D eigenvalue weighted by atomic mass is 10.0. The van der Waals surface area contributed by atoms with Crippen molar-refractivity contribution in [3.05, 3.63) is 59.7 Å². The van der Waals surface area contributed by atoms with E-state index < -0.39 is 0 Å². The highest BCUT2D eigenvalue weighted by Gasteiger charge is 2.21. The van der Waals surface area contributed by atoms with E-state index in [0.717, 1.165) is 42.7 Å². The zero-order chi connectivity index (χ0) is 16.9. The monoisotopic (exact) mass is 323 g/mol. The number of aryl methyl sites for hydroxylation is 2. The molecule has 1 aliphatic heterocycles. The summed E-state index contributed by atoms with van der Waals surface area (Å²) in [7, 11) is 0. The number of nitrogens with one attached hydrogen (secondary N) is 2. The van der Waals surface area contributed by atoms with Gasteiger partial charge in [0.1, 0.15) is 0 Å². The Morgan fingerprint density at radius 2 is 1.58 bits per heavy atom. The molecule has 24 heavy (non-hydrogen) atoms. The number of rotatable bonds is 3. The molecule has 0 aliphatic carbocycles. The standard InChI is InChI=1S/C20H25N3O/c1-15-7-6-8-16(2)19(15)22-20(24)21-17-11-13-23(14-12-17)18-9-4-3-5-10-18/h3-10,17H,11-14H2,1-2H3,(H2,21,22,24). The van der Waals surface area contributed by atoms with E-state index in [-0.39, 0.29) is 12.1 Å². The number of hydrogen-bond acceptors (Lipinski definition) is 2. The maximum atomic E-state index is 12.3. The highest BCUT2D eigenvalue weighted by atomic mass is 16.2. The normalized spacial score (nSPS) is 15.2. The van der Waals surface area contributed by atoms with Gasteiger partial charge in [-0.05, 0) is 49.9 Å². The van der Waals surface area contributed by atoms with E-state index in [0.29, 0.717) is 0 Å². The number of piperidine rings is 1. The number of para-hydroxylation sites is 2. The number of anilines is 2. The molecule has 126 valence electrons. The number of nitrogens with zero attached hydrogens (tertiary/aromatic N) is 1. The Hall–Kier alpha value is -2.49. The third kappa shape index (κ3) is 3.88. The van der Waals surface area contributed by atoms with E-state index in [9.17, 15) is 4.79 Å². The van der Waals surface area contributed by atoms with Gasteiger partial charge in [0, 0.05) is 30.5 Å². The summed E-state index contributed by atoms with van der Waals surface area (Å²) >= 11 is 0. The molecule has 2 aromatic rings. The minimum absolute atomic E-state index is 0.106. The van der Waals surface area contributed by atoms with Crippen LogP contribution in [0.25, 0.3) is 0 Å². The Morgan fingerprint density at radius 3 is 2.21 bits per heavy atom. The van der Waals surface area contributed by atoms with Gasteiger partial charge in [-0.2, -0.15) is 0 Å². The topological polar surface area (TPSA) is 44.4 Å². The first-order valence-corrected chi connectivity index (χ1v) is 8.57. The van der Waals surface area contributed by atoms with Crippen LogP contribution < -0.4 is 15.5 Å². The van der Waals surface area contributed by atoms with Crippen LogP contribution in [0, 0.1) is 13.8 Å². The molecule has 0 bridgehead atoms. The molecule has 3 rings (SSSR count). The van der Waals surface area contributed by atoms with Crippen molar-refractivity contribution < 1.29 is 4.79 Å². The first-order valence-electron chi connectivity index (χ1n) is 8.57. The van der Waals surface area contributed by atoms with Gasteiger partial charge in [-0.25, -0.2) is 4.79 Å². The summed E-state index contributed by atoms with van der Waals surface area (Å²) in [5, 5.41) is 6.12. The lowest BCUT2D eigenvalue weighted by Gasteiger charge is -2.34. The van der Waals surface area contributed by atoms with Crippen LogP contribution in [0.15, 0.2) is 48.5 Å². The van der Waals surface area contributed by atoms with Crippen LogP contribution in [-0.4, -0.2) is 25.2 Å². The number of urea groups is 1. The number of hydrogen-bond donors (Lipinski definition) is 2. The van der Waals surface area contributed by atoms with Crippen LogP contribution in [0.4, 0.5) is 16.2 Å². The van der Waals surface area contributed by atoms with Gasteiger partial charge >= 0.3 is 6.03 Å². The lowest BCUT2D eigenvalue weighted by molar-refractivity contribution is 0.246. The van der Waals surface area contributed by atoms with Crippen molar-refractivity contribution >= 4 is 17.4 Å². The van der Waals surface area contributed by atoms with Gasteiger partial charge in [-0.3, -0.25) is 0 Å². The highest BCUT2D eigenvalue weighted by Crippen LogP contribution is 2.21. The maximum Gasteiger partial charge on any atom is 0.319 e. The molecule has 1 fully saturated rings. The second-order valence-electron chi connectivity index (χ2n) is 6.46. The SMILES string of the molecule is Cc1cccc(C)c1NC(=O)NC1CCN(c2ccccc2)CC1.